The van der Waals surface area contributed by atoms with Crippen LogP contribution in [0.3, 0.4) is 0 Å². The van der Waals surface area contributed by atoms with Crippen LogP contribution < -0.4 is 0 Å². The first-order valence-corrected chi connectivity index (χ1v) is 10.5. The lowest BCUT2D eigenvalue weighted by Crippen LogP contribution is -2.60. The number of hydrogen-bond acceptors (Lipinski definition) is 6. The highest BCUT2D eigenvalue weighted by Crippen LogP contribution is 2.65. The molecule has 6 atom stereocenters. The summed E-state index contributed by atoms with van der Waals surface area (Å²) >= 11 is 0. The minimum Gasteiger partial charge on any atom is -0.458 e. The molecule has 0 saturated heterocycles. The van der Waals surface area contributed by atoms with E-state index in [2.05, 4.69) is 6.92 Å². The van der Waals surface area contributed by atoms with Crippen LogP contribution in [-0.2, 0) is 19.1 Å². The molecule has 0 aliphatic heterocycles. The molecule has 158 valence electrons. The maximum absolute atomic E-state index is 12.8. The molecule has 0 aromatic carbocycles. The minimum atomic E-state index is -1.68. The zero-order valence-corrected chi connectivity index (χ0v) is 17.4. The van der Waals surface area contributed by atoms with Gasteiger partial charge in [0.25, 0.3) is 0 Å². The van der Waals surface area contributed by atoms with Crippen molar-refractivity contribution in [2.24, 2.45) is 22.7 Å². The van der Waals surface area contributed by atoms with E-state index >= 15 is 0 Å². The van der Waals surface area contributed by atoms with Crippen molar-refractivity contribution >= 4 is 17.5 Å². The van der Waals surface area contributed by atoms with Crippen LogP contribution in [0.4, 0.5) is 0 Å². The summed E-state index contributed by atoms with van der Waals surface area (Å²) in [6, 6.07) is 0. The quantitative estimate of drug-likeness (QED) is 0.555. The summed E-state index contributed by atoms with van der Waals surface area (Å²) in [6.45, 7) is 4.78. The van der Waals surface area contributed by atoms with Gasteiger partial charge in [0.1, 0.15) is 5.60 Å². The second kappa shape index (κ2) is 6.61. The first-order chi connectivity index (χ1) is 13.5. The fourth-order valence-corrected chi connectivity index (χ4v) is 6.74. The summed E-state index contributed by atoms with van der Waals surface area (Å²) < 4.78 is 4.86. The molecule has 0 aromatic heterocycles. The molecule has 0 heterocycles. The normalized spacial score (nSPS) is 43.5. The number of ether oxygens (including phenoxy) is 1. The summed E-state index contributed by atoms with van der Waals surface area (Å²) in [5, 5.41) is 22.7. The molecule has 4 aliphatic carbocycles. The third kappa shape index (κ3) is 2.79. The van der Waals surface area contributed by atoms with Gasteiger partial charge in [-0.2, -0.15) is 0 Å². The van der Waals surface area contributed by atoms with Crippen molar-refractivity contribution < 1.29 is 29.3 Å². The maximum Gasteiger partial charge on any atom is 0.303 e. The van der Waals surface area contributed by atoms with Crippen LogP contribution in [0.5, 0.6) is 0 Å². The molecule has 6 nitrogen and oxygen atoms in total. The first kappa shape index (κ1) is 20.5. The Labute approximate surface area is 171 Å². The van der Waals surface area contributed by atoms with Gasteiger partial charge in [-0.3, -0.25) is 14.4 Å². The van der Waals surface area contributed by atoms with Gasteiger partial charge in [0.2, 0.25) is 5.78 Å². The number of carbonyl (C=O) groups is 3. The molecule has 2 fully saturated rings. The predicted molar refractivity (Wildman–Crippen MR) is 105 cm³/mol. The Morgan fingerprint density at radius 1 is 1.28 bits per heavy atom. The van der Waals surface area contributed by atoms with E-state index in [-0.39, 0.29) is 35.9 Å². The zero-order valence-electron chi connectivity index (χ0n) is 17.4. The number of esters is 1. The molecule has 4 rings (SSSR count). The van der Waals surface area contributed by atoms with E-state index in [1.54, 1.807) is 6.08 Å². The Morgan fingerprint density at radius 2 is 2.00 bits per heavy atom. The van der Waals surface area contributed by atoms with Gasteiger partial charge < -0.3 is 14.9 Å². The average Bonchev–Trinajstić information content (AvgIpc) is 2.91. The summed E-state index contributed by atoms with van der Waals surface area (Å²) in [5.41, 5.74) is -0.613. The Hall–Kier alpha value is -1.79. The van der Waals surface area contributed by atoms with Crippen molar-refractivity contribution in [3.63, 3.8) is 0 Å². The first-order valence-electron chi connectivity index (χ1n) is 10.5. The largest absolute Gasteiger partial charge is 0.458 e. The molecule has 0 radical (unpaired) electrons. The number of hydrogen-bond donors (Lipinski definition) is 2. The van der Waals surface area contributed by atoms with Gasteiger partial charge in [-0.1, -0.05) is 31.1 Å². The zero-order chi connectivity index (χ0) is 21.2. The van der Waals surface area contributed by atoms with Crippen molar-refractivity contribution in [1.29, 1.82) is 0 Å². The number of fused-ring (bicyclic) bond motifs is 5. The van der Waals surface area contributed by atoms with Crippen LogP contribution in [0.15, 0.2) is 23.3 Å². The van der Waals surface area contributed by atoms with Crippen molar-refractivity contribution in [2.75, 3.05) is 6.61 Å². The fourth-order valence-electron chi connectivity index (χ4n) is 6.74. The van der Waals surface area contributed by atoms with Gasteiger partial charge in [0.05, 0.1) is 6.10 Å². The summed E-state index contributed by atoms with van der Waals surface area (Å²) in [7, 11) is 0. The molecule has 2 saturated carbocycles. The molecule has 0 bridgehead atoms. The molecule has 0 amide bonds. The van der Waals surface area contributed by atoms with E-state index in [0.717, 1.165) is 30.4 Å². The molecule has 29 heavy (non-hydrogen) atoms. The van der Waals surface area contributed by atoms with Gasteiger partial charge >= 0.3 is 5.97 Å². The number of Topliss-reactive ketones (excluding diaryl/α,β-unsaturated/α-hetero) is 1. The van der Waals surface area contributed by atoms with Gasteiger partial charge in [-0.25, -0.2) is 0 Å². The molecule has 0 aromatic rings. The summed E-state index contributed by atoms with van der Waals surface area (Å²) in [6.07, 6.45) is 6.34. The molecule has 2 N–H and O–H groups in total. The van der Waals surface area contributed by atoms with Crippen molar-refractivity contribution in [2.45, 2.75) is 71.0 Å². The highest BCUT2D eigenvalue weighted by Gasteiger charge is 2.65. The smallest absolute Gasteiger partial charge is 0.303 e. The van der Waals surface area contributed by atoms with E-state index in [0.29, 0.717) is 6.42 Å². The summed E-state index contributed by atoms with van der Waals surface area (Å²) in [4.78, 5) is 35.9. The number of aliphatic hydroxyl groups excluding tert-OH is 1. The Morgan fingerprint density at radius 3 is 2.69 bits per heavy atom. The SMILES string of the molecule is CC(=O)OCC(=O)[C@@]1(O)CC=C2[C@@H]3CCC4=CC(=O)CC[C@]4(C)[C@H]3[C@@H](O)C[C@@]21C. The lowest BCUT2D eigenvalue weighted by molar-refractivity contribution is -0.166. The highest BCUT2D eigenvalue weighted by atomic mass is 16.5. The number of ketones is 2. The van der Waals surface area contributed by atoms with E-state index in [1.807, 2.05) is 13.0 Å². The van der Waals surface area contributed by atoms with Crippen LogP contribution in [0.25, 0.3) is 0 Å². The Kier molecular flexibility index (Phi) is 4.67. The predicted octanol–water partition coefficient (Wildman–Crippen LogP) is 2.27. The van der Waals surface area contributed by atoms with Gasteiger partial charge in [0.15, 0.2) is 12.4 Å². The molecule has 6 heteroatoms. The monoisotopic (exact) mass is 402 g/mol. The van der Waals surface area contributed by atoms with Crippen molar-refractivity contribution in [1.82, 2.24) is 0 Å². The number of aliphatic hydroxyl groups is 2. The van der Waals surface area contributed by atoms with Crippen molar-refractivity contribution in [3.05, 3.63) is 23.3 Å². The molecular formula is C23H30O6. The van der Waals surface area contributed by atoms with E-state index in [4.69, 9.17) is 4.74 Å². The van der Waals surface area contributed by atoms with Gasteiger partial charge in [0, 0.05) is 31.1 Å². The van der Waals surface area contributed by atoms with Crippen LogP contribution in [0, 0.1) is 22.7 Å². The van der Waals surface area contributed by atoms with E-state index in [9.17, 15) is 24.6 Å². The lowest BCUT2D eigenvalue weighted by atomic mass is 9.46. The maximum atomic E-state index is 12.8. The van der Waals surface area contributed by atoms with Gasteiger partial charge in [-0.15, -0.1) is 0 Å². The summed E-state index contributed by atoms with van der Waals surface area (Å²) in [5.74, 6) is -0.876. The third-order valence-electron chi connectivity index (χ3n) is 8.32. The second-order valence-corrected chi connectivity index (χ2v) is 9.76. The Balaban J connectivity index is 1.67. The van der Waals surface area contributed by atoms with Crippen LogP contribution in [0.2, 0.25) is 0 Å². The standard InChI is InChI=1S/C23H30O6/c1-13(24)29-12-19(27)23(28)9-7-17-16-5-4-14-10-15(25)6-8-21(14,2)20(16)18(26)11-22(17,23)3/h7,10,16,18,20,26,28H,4-6,8-9,11-12H2,1-3H3/t16-,18-,20+,21-,22-,23-/m0/s1. The Bertz CT molecular complexity index is 840. The lowest BCUT2D eigenvalue weighted by Gasteiger charge is -2.59. The number of carbonyl (C=O) groups excluding carboxylic acids is 3. The van der Waals surface area contributed by atoms with E-state index < -0.39 is 35.5 Å². The second-order valence-electron chi connectivity index (χ2n) is 9.76. The highest BCUT2D eigenvalue weighted by molar-refractivity contribution is 5.92. The fraction of sp³-hybridized carbons (Fsp3) is 0.696. The molecule has 4 aliphatic rings. The van der Waals surface area contributed by atoms with Crippen LogP contribution >= 0.6 is 0 Å². The topological polar surface area (TPSA) is 101 Å². The third-order valence-corrected chi connectivity index (χ3v) is 8.32. The van der Waals surface area contributed by atoms with Gasteiger partial charge in [-0.05, 0) is 43.1 Å². The van der Waals surface area contributed by atoms with Crippen LogP contribution in [-0.4, -0.2) is 46.1 Å². The molecular weight excluding hydrogens is 372 g/mol. The minimum absolute atomic E-state index is 0.0270. The number of allylic oxidation sites excluding steroid dienone is 2. The van der Waals surface area contributed by atoms with E-state index in [1.165, 1.54) is 6.92 Å². The van der Waals surface area contributed by atoms with Crippen LogP contribution in [0.1, 0.15) is 59.3 Å². The molecule has 0 spiro atoms. The average molecular weight is 402 g/mol. The number of rotatable bonds is 3. The molecule has 0 unspecified atom stereocenters. The van der Waals surface area contributed by atoms with Crippen molar-refractivity contribution in [3.8, 4) is 0 Å².